The molecule has 126 valence electrons. The van der Waals surface area contributed by atoms with Crippen molar-refractivity contribution in [2.24, 2.45) is 0 Å². The van der Waals surface area contributed by atoms with Gasteiger partial charge in [-0.25, -0.2) is 4.79 Å². The second kappa shape index (κ2) is 7.58. The first-order valence-corrected chi connectivity index (χ1v) is 9.83. The van der Waals surface area contributed by atoms with Gasteiger partial charge in [-0.2, -0.15) is 0 Å². The number of hydrogen-bond acceptors (Lipinski definition) is 3. The average Bonchev–Trinajstić information content (AvgIpc) is 3.02. The van der Waals surface area contributed by atoms with Crippen LogP contribution in [0.1, 0.15) is 44.2 Å². The zero-order valence-electron chi connectivity index (χ0n) is 14.0. The molecule has 0 spiro atoms. The van der Waals surface area contributed by atoms with E-state index < -0.39 is 0 Å². The molecule has 2 heterocycles. The summed E-state index contributed by atoms with van der Waals surface area (Å²) in [5.41, 5.74) is 1.14. The van der Waals surface area contributed by atoms with Crippen molar-refractivity contribution in [3.05, 3.63) is 29.8 Å². The molecule has 0 saturated carbocycles. The van der Waals surface area contributed by atoms with Crippen molar-refractivity contribution >= 4 is 17.8 Å². The van der Waals surface area contributed by atoms with Crippen LogP contribution < -0.4 is 10.6 Å². The van der Waals surface area contributed by atoms with Crippen LogP contribution in [0.3, 0.4) is 0 Å². The normalized spacial score (nSPS) is 25.7. The molecule has 23 heavy (non-hydrogen) atoms. The fourth-order valence-corrected chi connectivity index (χ4v) is 4.16. The van der Waals surface area contributed by atoms with Crippen molar-refractivity contribution in [2.45, 2.75) is 55.6 Å². The minimum atomic E-state index is -0.0390. The molecule has 0 aromatic heterocycles. The predicted molar refractivity (Wildman–Crippen MR) is 95.9 cm³/mol. The largest absolute Gasteiger partial charge is 0.335 e. The van der Waals surface area contributed by atoms with E-state index in [0.29, 0.717) is 12.1 Å². The minimum absolute atomic E-state index is 0.0254. The van der Waals surface area contributed by atoms with Gasteiger partial charge in [-0.1, -0.05) is 12.1 Å². The summed E-state index contributed by atoms with van der Waals surface area (Å²) in [5, 5.41) is 6.24. The zero-order chi connectivity index (χ0) is 16.2. The van der Waals surface area contributed by atoms with Gasteiger partial charge in [0.2, 0.25) is 0 Å². The lowest BCUT2D eigenvalue weighted by Gasteiger charge is -2.35. The molecule has 5 heteroatoms. The topological polar surface area (TPSA) is 44.4 Å². The Morgan fingerprint density at radius 3 is 2.78 bits per heavy atom. The Morgan fingerprint density at radius 1 is 1.26 bits per heavy atom. The van der Waals surface area contributed by atoms with Crippen molar-refractivity contribution < 1.29 is 4.79 Å². The number of rotatable bonds is 4. The number of hydrogen-bond donors (Lipinski definition) is 2. The molecular formula is C18H27N3OS. The average molecular weight is 334 g/mol. The molecule has 4 nitrogen and oxygen atoms in total. The summed E-state index contributed by atoms with van der Waals surface area (Å²) in [6.45, 7) is 4.40. The van der Waals surface area contributed by atoms with Crippen LogP contribution in [0.4, 0.5) is 4.79 Å². The Morgan fingerprint density at radius 2 is 2.04 bits per heavy atom. The molecule has 3 atom stereocenters. The van der Waals surface area contributed by atoms with Crippen molar-refractivity contribution in [1.29, 1.82) is 0 Å². The molecule has 2 N–H and O–H groups in total. The van der Waals surface area contributed by atoms with Gasteiger partial charge in [0.25, 0.3) is 0 Å². The highest BCUT2D eigenvalue weighted by atomic mass is 32.2. The van der Waals surface area contributed by atoms with Gasteiger partial charge >= 0.3 is 6.03 Å². The van der Waals surface area contributed by atoms with E-state index in [9.17, 15) is 4.79 Å². The first-order valence-electron chi connectivity index (χ1n) is 8.60. The first-order chi connectivity index (χ1) is 11.2. The first kappa shape index (κ1) is 16.7. The molecule has 2 aliphatic rings. The SMILES string of the molecule is CSc1ccc([C@H](C)NC(=O)N[C@@H]2CCN3CCC[C@@H]3C2)cc1. The van der Waals surface area contributed by atoms with Crippen molar-refractivity contribution in [1.82, 2.24) is 15.5 Å². The fourth-order valence-electron chi connectivity index (χ4n) is 3.76. The number of nitrogens with one attached hydrogen (secondary N) is 2. The van der Waals surface area contributed by atoms with E-state index >= 15 is 0 Å². The van der Waals surface area contributed by atoms with Gasteiger partial charge in [-0.05, 0) is 63.1 Å². The number of carbonyl (C=O) groups excluding carboxylic acids is 1. The lowest BCUT2D eigenvalue weighted by Crippen LogP contribution is -2.50. The van der Waals surface area contributed by atoms with E-state index in [4.69, 9.17) is 0 Å². The van der Waals surface area contributed by atoms with Crippen molar-refractivity contribution in [3.8, 4) is 0 Å². The van der Waals surface area contributed by atoms with Crippen LogP contribution in [-0.4, -0.2) is 42.4 Å². The lowest BCUT2D eigenvalue weighted by atomic mass is 9.98. The molecule has 0 aliphatic carbocycles. The number of piperidine rings is 1. The second-order valence-electron chi connectivity index (χ2n) is 6.67. The van der Waals surface area contributed by atoms with E-state index in [-0.39, 0.29) is 12.1 Å². The van der Waals surface area contributed by atoms with E-state index in [1.165, 1.54) is 24.3 Å². The maximum Gasteiger partial charge on any atom is 0.315 e. The number of amides is 2. The Kier molecular flexibility index (Phi) is 5.49. The standard InChI is InChI=1S/C18H27N3OS/c1-13(14-5-7-17(23-2)8-6-14)19-18(22)20-15-9-11-21-10-3-4-16(21)12-15/h5-8,13,15-16H,3-4,9-12H2,1-2H3,(H2,19,20,22)/t13-,15+,16+/m0/s1. The monoisotopic (exact) mass is 333 g/mol. The van der Waals surface area contributed by atoms with Crippen LogP contribution in [0.5, 0.6) is 0 Å². The number of nitrogens with zero attached hydrogens (tertiary/aromatic N) is 1. The van der Waals surface area contributed by atoms with Crippen LogP contribution in [0, 0.1) is 0 Å². The van der Waals surface area contributed by atoms with Crippen molar-refractivity contribution in [3.63, 3.8) is 0 Å². The van der Waals surface area contributed by atoms with Gasteiger partial charge in [0.15, 0.2) is 0 Å². The maximum absolute atomic E-state index is 12.3. The Hall–Kier alpha value is -1.20. The molecule has 0 radical (unpaired) electrons. The Bertz CT molecular complexity index is 534. The van der Waals surface area contributed by atoms with Crippen LogP contribution in [-0.2, 0) is 0 Å². The van der Waals surface area contributed by atoms with Gasteiger partial charge in [0, 0.05) is 23.5 Å². The van der Waals surface area contributed by atoms with Gasteiger partial charge in [-0.3, -0.25) is 0 Å². The maximum atomic E-state index is 12.3. The van der Waals surface area contributed by atoms with E-state index in [0.717, 1.165) is 24.9 Å². The molecule has 2 saturated heterocycles. The molecular weight excluding hydrogens is 306 g/mol. The molecule has 1 aromatic rings. The molecule has 0 bridgehead atoms. The highest BCUT2D eigenvalue weighted by Crippen LogP contribution is 2.26. The number of benzene rings is 1. The number of urea groups is 1. The smallest absolute Gasteiger partial charge is 0.315 e. The molecule has 2 fully saturated rings. The van der Waals surface area contributed by atoms with Crippen LogP contribution in [0.25, 0.3) is 0 Å². The summed E-state index contributed by atoms with van der Waals surface area (Å²) in [6, 6.07) is 9.38. The molecule has 2 aliphatic heterocycles. The van der Waals surface area contributed by atoms with Gasteiger partial charge in [0.1, 0.15) is 0 Å². The van der Waals surface area contributed by atoms with E-state index in [1.54, 1.807) is 11.8 Å². The summed E-state index contributed by atoms with van der Waals surface area (Å²) in [5.74, 6) is 0. The van der Waals surface area contributed by atoms with E-state index in [1.807, 2.05) is 6.92 Å². The van der Waals surface area contributed by atoms with Gasteiger partial charge < -0.3 is 15.5 Å². The number of carbonyl (C=O) groups is 1. The zero-order valence-corrected chi connectivity index (χ0v) is 14.9. The molecule has 0 unspecified atom stereocenters. The Labute approximate surface area is 143 Å². The third-order valence-corrected chi connectivity index (χ3v) is 5.86. The fraction of sp³-hybridized carbons (Fsp3) is 0.611. The van der Waals surface area contributed by atoms with Crippen LogP contribution >= 0.6 is 11.8 Å². The summed E-state index contributed by atoms with van der Waals surface area (Å²) in [6.07, 6.45) is 6.84. The van der Waals surface area contributed by atoms with Crippen molar-refractivity contribution in [2.75, 3.05) is 19.3 Å². The highest BCUT2D eigenvalue weighted by molar-refractivity contribution is 7.98. The second-order valence-corrected chi connectivity index (χ2v) is 7.55. The van der Waals surface area contributed by atoms with Crippen LogP contribution in [0.2, 0.25) is 0 Å². The Balaban J connectivity index is 1.48. The van der Waals surface area contributed by atoms with Gasteiger partial charge in [-0.15, -0.1) is 11.8 Å². The summed E-state index contributed by atoms with van der Waals surface area (Å²) in [4.78, 5) is 16.1. The third-order valence-electron chi connectivity index (χ3n) is 5.12. The molecule has 2 amide bonds. The van der Waals surface area contributed by atoms with Gasteiger partial charge in [0.05, 0.1) is 6.04 Å². The summed E-state index contributed by atoms with van der Waals surface area (Å²) < 4.78 is 0. The number of fused-ring (bicyclic) bond motifs is 1. The predicted octanol–water partition coefficient (Wildman–Crippen LogP) is 3.40. The molecule has 1 aromatic carbocycles. The lowest BCUT2D eigenvalue weighted by molar-refractivity contribution is 0.166. The highest BCUT2D eigenvalue weighted by Gasteiger charge is 2.32. The third kappa shape index (κ3) is 4.21. The number of thioether (sulfide) groups is 1. The van der Waals surface area contributed by atoms with E-state index in [2.05, 4.69) is 46.1 Å². The summed E-state index contributed by atoms with van der Waals surface area (Å²) in [7, 11) is 0. The summed E-state index contributed by atoms with van der Waals surface area (Å²) >= 11 is 1.73. The minimum Gasteiger partial charge on any atom is -0.335 e. The molecule has 3 rings (SSSR count). The van der Waals surface area contributed by atoms with Crippen LogP contribution in [0.15, 0.2) is 29.2 Å². The quantitative estimate of drug-likeness (QED) is 0.830.